The van der Waals surface area contributed by atoms with Crippen molar-refractivity contribution in [3.63, 3.8) is 0 Å². The number of aliphatic carboxylic acids is 3. The first-order chi connectivity index (χ1) is 22.1. The highest BCUT2D eigenvalue weighted by molar-refractivity contribution is 5.78. The number of alkyl carbamates (subject to hydrolysis) is 1. The Balaban J connectivity index is 1.74. The molecule has 0 aromatic rings. The molecule has 262 valence electrons. The zero-order valence-corrected chi connectivity index (χ0v) is 26.8. The van der Waals surface area contributed by atoms with Crippen LogP contribution < -0.4 is 10.6 Å². The van der Waals surface area contributed by atoms with Crippen LogP contribution in [-0.4, -0.2) is 176 Å². The van der Waals surface area contributed by atoms with Crippen LogP contribution in [0, 0.1) is 0 Å². The van der Waals surface area contributed by atoms with Gasteiger partial charge in [0.2, 0.25) is 5.91 Å². The van der Waals surface area contributed by atoms with Crippen LogP contribution >= 0.6 is 0 Å². The number of rotatable bonds is 16. The molecule has 2 rings (SSSR count). The fraction of sp³-hybridized carbons (Fsp3) is 0.767. The highest BCUT2D eigenvalue weighted by Crippen LogP contribution is 2.15. The number of carbonyl (C=O) groups excluding carboxylic acids is 2. The molecule has 5 N–H and O–H groups in total. The SMILES string of the molecule is O=C(O)CN1CCN(CC(=O)O)CCN(CC(=O)NCCOCCCNC(=O)OC2CC/C=C/CCC2)CCN(CC(=O)O)CC1. The van der Waals surface area contributed by atoms with Crippen LogP contribution in [0.4, 0.5) is 4.79 Å². The van der Waals surface area contributed by atoms with E-state index in [4.69, 9.17) is 9.47 Å². The van der Waals surface area contributed by atoms with Crippen molar-refractivity contribution in [3.05, 3.63) is 12.2 Å². The lowest BCUT2D eigenvalue weighted by atomic mass is 10.0. The Morgan fingerprint density at radius 2 is 1.13 bits per heavy atom. The van der Waals surface area contributed by atoms with Gasteiger partial charge in [-0.25, -0.2) is 4.79 Å². The van der Waals surface area contributed by atoms with Crippen molar-refractivity contribution in [2.45, 2.75) is 44.6 Å². The van der Waals surface area contributed by atoms with Gasteiger partial charge in [0.1, 0.15) is 6.10 Å². The summed E-state index contributed by atoms with van der Waals surface area (Å²) in [6.07, 6.45) is 9.04. The van der Waals surface area contributed by atoms with Gasteiger partial charge < -0.3 is 35.4 Å². The molecule has 16 heteroatoms. The fourth-order valence-corrected chi connectivity index (χ4v) is 5.21. The minimum atomic E-state index is -1.02. The zero-order chi connectivity index (χ0) is 33.6. The Labute approximate surface area is 270 Å². The van der Waals surface area contributed by atoms with Crippen LogP contribution in [0.2, 0.25) is 0 Å². The minimum absolute atomic E-state index is 0.0380. The van der Waals surface area contributed by atoms with E-state index < -0.39 is 24.0 Å². The smallest absolute Gasteiger partial charge is 0.407 e. The maximum absolute atomic E-state index is 12.7. The first kappa shape index (κ1) is 38.9. The van der Waals surface area contributed by atoms with Crippen molar-refractivity contribution in [2.24, 2.45) is 0 Å². The maximum atomic E-state index is 12.7. The Bertz CT molecular complexity index is 952. The second kappa shape index (κ2) is 23.1. The molecule has 46 heavy (non-hydrogen) atoms. The molecule has 1 unspecified atom stereocenters. The average molecular weight is 657 g/mol. The van der Waals surface area contributed by atoms with E-state index in [-0.39, 0.29) is 51.3 Å². The van der Waals surface area contributed by atoms with Crippen LogP contribution in [0.3, 0.4) is 0 Å². The number of amides is 2. The number of allylic oxidation sites excluding steroid dienone is 2. The van der Waals surface area contributed by atoms with Gasteiger partial charge in [-0.1, -0.05) is 12.2 Å². The molecule has 16 nitrogen and oxygen atoms in total. The number of carboxylic acids is 3. The molecule has 2 aliphatic rings. The van der Waals surface area contributed by atoms with E-state index in [2.05, 4.69) is 22.8 Å². The lowest BCUT2D eigenvalue weighted by Gasteiger charge is -2.32. The van der Waals surface area contributed by atoms with Crippen LogP contribution in [0.25, 0.3) is 0 Å². The van der Waals surface area contributed by atoms with Crippen molar-refractivity contribution in [1.82, 2.24) is 30.2 Å². The molecular weight excluding hydrogens is 604 g/mol. The number of ether oxygens (including phenoxy) is 2. The lowest BCUT2D eigenvalue weighted by Crippen LogP contribution is -2.50. The molecular formula is C30H52N6O10. The molecule has 2 amide bonds. The Hall–Kier alpha value is -3.31. The van der Waals surface area contributed by atoms with E-state index in [0.717, 1.165) is 32.1 Å². The molecule has 0 saturated carbocycles. The van der Waals surface area contributed by atoms with Gasteiger partial charge in [0.25, 0.3) is 0 Å². The van der Waals surface area contributed by atoms with Crippen molar-refractivity contribution >= 4 is 29.9 Å². The molecule has 1 aliphatic carbocycles. The second-order valence-electron chi connectivity index (χ2n) is 11.5. The van der Waals surface area contributed by atoms with Gasteiger partial charge in [0.05, 0.1) is 32.8 Å². The van der Waals surface area contributed by atoms with Crippen LogP contribution in [0.1, 0.15) is 38.5 Å². The first-order valence-corrected chi connectivity index (χ1v) is 16.1. The van der Waals surface area contributed by atoms with Gasteiger partial charge in [-0.05, 0) is 38.5 Å². The first-order valence-electron chi connectivity index (χ1n) is 16.1. The van der Waals surface area contributed by atoms with Crippen LogP contribution in [-0.2, 0) is 28.7 Å². The number of carboxylic acid groups (broad SMARTS) is 3. The summed E-state index contributed by atoms with van der Waals surface area (Å²) in [6, 6.07) is 0. The van der Waals surface area contributed by atoms with Gasteiger partial charge in [-0.2, -0.15) is 0 Å². The fourth-order valence-electron chi connectivity index (χ4n) is 5.21. The molecule has 0 aromatic carbocycles. The largest absolute Gasteiger partial charge is 0.480 e. The van der Waals surface area contributed by atoms with Gasteiger partial charge >= 0.3 is 24.0 Å². The third-order valence-electron chi connectivity index (χ3n) is 7.67. The molecule has 0 aromatic heterocycles. The quantitative estimate of drug-likeness (QED) is 0.106. The van der Waals surface area contributed by atoms with E-state index in [0.29, 0.717) is 71.9 Å². The standard InChI is InChI=1S/C30H52N6O10/c37-26(31-10-20-45-19-6-9-32-30(44)46-25-7-4-2-1-3-5-8-25)21-33-11-13-34(22-27(38)39)15-17-36(24-29(42)43)18-16-35(14-12-33)23-28(40)41/h1-2,25H,3-24H2,(H,31,37)(H,32,44)(H,38,39)(H,40,41)(H,42,43)/b2-1+. The van der Waals surface area contributed by atoms with E-state index in [1.54, 1.807) is 14.7 Å². The maximum Gasteiger partial charge on any atom is 0.407 e. The second-order valence-corrected chi connectivity index (χ2v) is 11.5. The molecule has 0 spiro atoms. The Morgan fingerprint density at radius 1 is 0.630 bits per heavy atom. The summed E-state index contributed by atoms with van der Waals surface area (Å²) < 4.78 is 11.1. The number of nitrogens with zero attached hydrogens (tertiary/aromatic N) is 4. The number of nitrogens with one attached hydrogen (secondary N) is 2. The Kier molecular flexibility index (Phi) is 19.5. The summed E-state index contributed by atoms with van der Waals surface area (Å²) >= 11 is 0. The van der Waals surface area contributed by atoms with Crippen molar-refractivity contribution in [3.8, 4) is 0 Å². The summed E-state index contributed by atoms with van der Waals surface area (Å²) in [7, 11) is 0. The number of carbonyl (C=O) groups is 5. The lowest BCUT2D eigenvalue weighted by molar-refractivity contribution is -0.140. The summed E-state index contributed by atoms with van der Waals surface area (Å²) in [5.41, 5.74) is 0. The van der Waals surface area contributed by atoms with E-state index in [1.165, 1.54) is 0 Å². The summed E-state index contributed by atoms with van der Waals surface area (Å²) in [5.74, 6) is -3.27. The van der Waals surface area contributed by atoms with E-state index in [9.17, 15) is 39.3 Å². The van der Waals surface area contributed by atoms with Crippen molar-refractivity contribution in [2.75, 3.05) is 105 Å². The zero-order valence-electron chi connectivity index (χ0n) is 26.8. The Morgan fingerprint density at radius 3 is 1.65 bits per heavy atom. The molecule has 1 heterocycles. The highest BCUT2D eigenvalue weighted by atomic mass is 16.6. The molecule has 0 bridgehead atoms. The molecule has 1 atom stereocenters. The summed E-state index contributed by atoms with van der Waals surface area (Å²) in [5, 5.41) is 33.6. The minimum Gasteiger partial charge on any atom is -0.480 e. The topological polar surface area (TPSA) is 202 Å². The number of hydrogen-bond acceptors (Lipinski definition) is 11. The molecule has 1 fully saturated rings. The average Bonchev–Trinajstić information content (AvgIpc) is 2.96. The van der Waals surface area contributed by atoms with Gasteiger partial charge in [-0.3, -0.25) is 38.8 Å². The predicted octanol–water partition coefficient (Wildman–Crippen LogP) is -0.400. The molecule has 0 radical (unpaired) electrons. The highest BCUT2D eigenvalue weighted by Gasteiger charge is 2.21. The predicted molar refractivity (Wildman–Crippen MR) is 168 cm³/mol. The summed E-state index contributed by atoms with van der Waals surface area (Å²) in [4.78, 5) is 65.9. The van der Waals surface area contributed by atoms with E-state index >= 15 is 0 Å². The van der Waals surface area contributed by atoms with Crippen LogP contribution in [0.5, 0.6) is 0 Å². The third-order valence-corrected chi connectivity index (χ3v) is 7.67. The van der Waals surface area contributed by atoms with E-state index in [1.807, 2.05) is 4.90 Å². The monoisotopic (exact) mass is 656 g/mol. The molecule has 1 aliphatic heterocycles. The van der Waals surface area contributed by atoms with Gasteiger partial charge in [0, 0.05) is 72.1 Å². The van der Waals surface area contributed by atoms with Crippen molar-refractivity contribution < 1.29 is 48.8 Å². The third kappa shape index (κ3) is 19.3. The normalized spacial score (nSPS) is 20.7. The number of hydrogen-bond donors (Lipinski definition) is 5. The summed E-state index contributed by atoms with van der Waals surface area (Å²) in [6.45, 7) is 3.38. The van der Waals surface area contributed by atoms with Crippen molar-refractivity contribution in [1.29, 1.82) is 0 Å². The van der Waals surface area contributed by atoms with Gasteiger partial charge in [0.15, 0.2) is 0 Å². The van der Waals surface area contributed by atoms with Gasteiger partial charge in [-0.15, -0.1) is 0 Å². The molecule has 1 saturated heterocycles. The van der Waals surface area contributed by atoms with Crippen LogP contribution in [0.15, 0.2) is 12.2 Å².